The van der Waals surface area contributed by atoms with Crippen LogP contribution in [-0.2, 0) is 6.18 Å². The van der Waals surface area contributed by atoms with Crippen LogP contribution in [0.4, 0.5) is 24.7 Å². The van der Waals surface area contributed by atoms with Gasteiger partial charge in [0, 0.05) is 29.5 Å². The van der Waals surface area contributed by atoms with Crippen LogP contribution < -0.4 is 10.6 Å². The molecule has 0 bridgehead atoms. The first-order valence-corrected chi connectivity index (χ1v) is 9.78. The molecular weight excluding hydrogens is 405 g/mol. The second-order valence-electron chi connectivity index (χ2n) is 6.88. The fraction of sp³-hybridized carbons (Fsp3) is 0.400. The third-order valence-electron chi connectivity index (χ3n) is 4.95. The van der Waals surface area contributed by atoms with Gasteiger partial charge in [-0.1, -0.05) is 24.6 Å². The standard InChI is InChI=1S/C20H22ClF3N4O/c1-2-28-8-4-7-15(28)11-26-19(29)16-12-25-18(10-17(16)20(22,23)24)27-14-6-3-5-13(21)9-14/h3,5-6,9-10,12,15H,2,4,7-8,11H2,1H3,(H,25,27)(H,26,29). The average molecular weight is 427 g/mol. The summed E-state index contributed by atoms with van der Waals surface area (Å²) in [6.07, 6.45) is -1.80. The molecule has 0 aliphatic carbocycles. The molecule has 1 amide bonds. The predicted octanol–water partition coefficient (Wildman–Crippen LogP) is 4.71. The lowest BCUT2D eigenvalue weighted by atomic mass is 10.1. The van der Waals surface area contributed by atoms with Crippen LogP contribution >= 0.6 is 11.6 Å². The van der Waals surface area contributed by atoms with Crippen LogP contribution in [0.1, 0.15) is 35.7 Å². The van der Waals surface area contributed by atoms with E-state index in [1.165, 1.54) is 0 Å². The first-order valence-electron chi connectivity index (χ1n) is 9.40. The summed E-state index contributed by atoms with van der Waals surface area (Å²) < 4.78 is 40.8. The van der Waals surface area contributed by atoms with Crippen molar-refractivity contribution in [2.45, 2.75) is 32.0 Å². The normalized spacial score (nSPS) is 17.3. The molecule has 2 heterocycles. The highest BCUT2D eigenvalue weighted by atomic mass is 35.5. The van der Waals surface area contributed by atoms with Crippen LogP contribution in [0.5, 0.6) is 0 Å². The van der Waals surface area contributed by atoms with Crippen molar-refractivity contribution < 1.29 is 18.0 Å². The highest BCUT2D eigenvalue weighted by Gasteiger charge is 2.36. The van der Waals surface area contributed by atoms with E-state index >= 15 is 0 Å². The van der Waals surface area contributed by atoms with Gasteiger partial charge in [-0.05, 0) is 50.2 Å². The van der Waals surface area contributed by atoms with E-state index < -0.39 is 23.2 Å². The minimum absolute atomic E-state index is 0.0240. The monoisotopic (exact) mass is 426 g/mol. The van der Waals surface area contributed by atoms with Crippen molar-refractivity contribution in [2.75, 3.05) is 25.0 Å². The van der Waals surface area contributed by atoms with Gasteiger partial charge in [-0.3, -0.25) is 9.69 Å². The number of amides is 1. The zero-order valence-corrected chi connectivity index (χ0v) is 16.6. The molecule has 1 aliphatic rings. The Kier molecular flexibility index (Phi) is 6.64. The number of aromatic nitrogens is 1. The van der Waals surface area contributed by atoms with Gasteiger partial charge < -0.3 is 10.6 Å². The van der Waals surface area contributed by atoms with Crippen molar-refractivity contribution in [3.8, 4) is 0 Å². The third kappa shape index (κ3) is 5.39. The molecule has 2 N–H and O–H groups in total. The number of anilines is 2. The van der Waals surface area contributed by atoms with E-state index in [0.717, 1.165) is 38.2 Å². The van der Waals surface area contributed by atoms with Gasteiger partial charge in [0.15, 0.2) is 0 Å². The number of likely N-dealkylation sites (N-methyl/N-ethyl adjacent to an activating group) is 1. The molecule has 1 aromatic heterocycles. The van der Waals surface area contributed by atoms with Crippen molar-refractivity contribution in [3.63, 3.8) is 0 Å². The van der Waals surface area contributed by atoms with E-state index in [4.69, 9.17) is 11.6 Å². The fourth-order valence-corrected chi connectivity index (χ4v) is 3.69. The van der Waals surface area contributed by atoms with Crippen molar-refractivity contribution >= 4 is 29.0 Å². The maximum Gasteiger partial charge on any atom is 0.417 e. The molecule has 0 radical (unpaired) electrons. The summed E-state index contributed by atoms with van der Waals surface area (Å²) >= 11 is 5.89. The molecule has 2 aromatic rings. The summed E-state index contributed by atoms with van der Waals surface area (Å²) in [4.78, 5) is 18.7. The minimum Gasteiger partial charge on any atom is -0.350 e. The first kappa shape index (κ1) is 21.4. The summed E-state index contributed by atoms with van der Waals surface area (Å²) in [6, 6.07) is 7.53. The Hall–Kier alpha value is -2.32. The Balaban J connectivity index is 1.78. The molecule has 1 aliphatic heterocycles. The quantitative estimate of drug-likeness (QED) is 0.702. The highest BCUT2D eigenvalue weighted by Crippen LogP contribution is 2.34. The number of benzene rings is 1. The second kappa shape index (κ2) is 9.00. The number of carbonyl (C=O) groups is 1. The maximum absolute atomic E-state index is 13.6. The zero-order chi connectivity index (χ0) is 21.0. The number of alkyl halides is 3. The first-order chi connectivity index (χ1) is 13.8. The third-order valence-corrected chi connectivity index (χ3v) is 5.19. The summed E-state index contributed by atoms with van der Waals surface area (Å²) in [7, 11) is 0. The zero-order valence-electron chi connectivity index (χ0n) is 15.9. The Morgan fingerprint density at radius 2 is 2.14 bits per heavy atom. The molecule has 0 saturated carbocycles. The molecule has 0 spiro atoms. The van der Waals surface area contributed by atoms with E-state index in [0.29, 0.717) is 17.3 Å². The lowest BCUT2D eigenvalue weighted by molar-refractivity contribution is -0.137. The molecule has 1 aromatic carbocycles. The van der Waals surface area contributed by atoms with Crippen LogP contribution in [-0.4, -0.2) is 41.5 Å². The number of hydrogen-bond donors (Lipinski definition) is 2. The Morgan fingerprint density at radius 3 is 2.83 bits per heavy atom. The van der Waals surface area contributed by atoms with Crippen LogP contribution in [0.2, 0.25) is 5.02 Å². The number of carbonyl (C=O) groups excluding carboxylic acids is 1. The van der Waals surface area contributed by atoms with Crippen molar-refractivity contribution in [2.24, 2.45) is 0 Å². The van der Waals surface area contributed by atoms with Gasteiger partial charge in [0.25, 0.3) is 5.91 Å². The predicted molar refractivity (Wildman–Crippen MR) is 107 cm³/mol. The van der Waals surface area contributed by atoms with Gasteiger partial charge in [-0.15, -0.1) is 0 Å². The topological polar surface area (TPSA) is 57.3 Å². The molecule has 1 unspecified atom stereocenters. The van der Waals surface area contributed by atoms with E-state index in [2.05, 4.69) is 20.5 Å². The Labute approximate surface area is 172 Å². The number of halogens is 4. The van der Waals surface area contributed by atoms with Crippen molar-refractivity contribution in [1.82, 2.24) is 15.2 Å². The van der Waals surface area contributed by atoms with Gasteiger partial charge in [-0.25, -0.2) is 4.98 Å². The van der Waals surface area contributed by atoms with Crippen LogP contribution in [0.15, 0.2) is 36.5 Å². The molecule has 9 heteroatoms. The van der Waals surface area contributed by atoms with Crippen LogP contribution in [0.3, 0.4) is 0 Å². The lowest BCUT2D eigenvalue weighted by Gasteiger charge is -2.23. The van der Waals surface area contributed by atoms with E-state index in [1.54, 1.807) is 24.3 Å². The number of nitrogens with one attached hydrogen (secondary N) is 2. The molecule has 1 fully saturated rings. The van der Waals surface area contributed by atoms with Gasteiger partial charge in [-0.2, -0.15) is 13.2 Å². The molecule has 156 valence electrons. The van der Waals surface area contributed by atoms with Gasteiger partial charge in [0.2, 0.25) is 0 Å². The molecule has 1 atom stereocenters. The van der Waals surface area contributed by atoms with Crippen molar-refractivity contribution in [3.05, 3.63) is 52.7 Å². The SMILES string of the molecule is CCN1CCCC1CNC(=O)c1cnc(Nc2cccc(Cl)c2)cc1C(F)(F)F. The van der Waals surface area contributed by atoms with Gasteiger partial charge in [0.05, 0.1) is 11.1 Å². The molecule has 29 heavy (non-hydrogen) atoms. The number of hydrogen-bond acceptors (Lipinski definition) is 4. The Bertz CT molecular complexity index is 875. The summed E-state index contributed by atoms with van der Waals surface area (Å²) in [5.74, 6) is -0.800. The minimum atomic E-state index is -4.69. The van der Waals surface area contributed by atoms with Gasteiger partial charge >= 0.3 is 6.18 Å². The summed E-state index contributed by atoms with van der Waals surface area (Å²) in [6.45, 7) is 4.12. The van der Waals surface area contributed by atoms with E-state index in [1.807, 2.05) is 6.92 Å². The largest absolute Gasteiger partial charge is 0.417 e. The van der Waals surface area contributed by atoms with Crippen molar-refractivity contribution in [1.29, 1.82) is 0 Å². The second-order valence-corrected chi connectivity index (χ2v) is 7.32. The number of nitrogens with zero attached hydrogens (tertiary/aromatic N) is 2. The average Bonchev–Trinajstić information content (AvgIpc) is 3.13. The lowest BCUT2D eigenvalue weighted by Crippen LogP contribution is -2.40. The number of rotatable bonds is 6. The fourth-order valence-electron chi connectivity index (χ4n) is 3.50. The highest BCUT2D eigenvalue weighted by molar-refractivity contribution is 6.30. The van der Waals surface area contributed by atoms with Crippen LogP contribution in [0, 0.1) is 0 Å². The van der Waals surface area contributed by atoms with E-state index in [-0.39, 0.29) is 11.9 Å². The summed E-state index contributed by atoms with van der Waals surface area (Å²) in [5, 5.41) is 5.86. The Morgan fingerprint density at radius 1 is 1.34 bits per heavy atom. The number of pyridine rings is 1. The van der Waals surface area contributed by atoms with Crippen LogP contribution in [0.25, 0.3) is 0 Å². The van der Waals surface area contributed by atoms with Gasteiger partial charge in [0.1, 0.15) is 5.82 Å². The number of likely N-dealkylation sites (tertiary alicyclic amines) is 1. The molecule has 5 nitrogen and oxygen atoms in total. The molecule has 3 rings (SSSR count). The molecule has 1 saturated heterocycles. The molecular formula is C20H22ClF3N4O. The smallest absolute Gasteiger partial charge is 0.350 e. The maximum atomic E-state index is 13.6. The van der Waals surface area contributed by atoms with E-state index in [9.17, 15) is 18.0 Å². The summed E-state index contributed by atoms with van der Waals surface area (Å²) in [5.41, 5.74) is -1.03.